The number of hydrogen-bond acceptors (Lipinski definition) is 3. The largest absolute Gasteiger partial charge is 0.393 e. The van der Waals surface area contributed by atoms with Gasteiger partial charge < -0.3 is 5.73 Å². The Hall–Kier alpha value is -0.190. The van der Waals surface area contributed by atoms with Gasteiger partial charge in [-0.3, -0.25) is 9.80 Å². The monoisotopic (exact) mass is 255 g/mol. The summed E-state index contributed by atoms with van der Waals surface area (Å²) in [6, 6.07) is 2.12. The molecule has 2 N–H and O–H groups in total. The van der Waals surface area contributed by atoms with E-state index < -0.39 is 0 Å². The zero-order chi connectivity index (χ0) is 12.4. The predicted molar refractivity (Wildman–Crippen MR) is 76.2 cm³/mol. The van der Waals surface area contributed by atoms with Crippen LogP contribution in [-0.4, -0.2) is 53.1 Å². The predicted octanol–water partition coefficient (Wildman–Crippen LogP) is 1.61. The Kier molecular flexibility index (Phi) is 4.39. The Bertz CT molecular complexity index is 282. The molecule has 0 aromatic carbocycles. The summed E-state index contributed by atoms with van der Waals surface area (Å²) >= 11 is 5.07. The SMILES string of the molecule is CCC(CC(N)=S)N1CCC2CCC(C1)N2C. The molecule has 98 valence electrons. The van der Waals surface area contributed by atoms with Gasteiger partial charge in [-0.05, 0) is 39.3 Å². The number of nitrogens with two attached hydrogens (primary N) is 1. The number of rotatable bonds is 4. The molecule has 3 atom stereocenters. The summed E-state index contributed by atoms with van der Waals surface area (Å²) in [6.07, 6.45) is 6.09. The van der Waals surface area contributed by atoms with Crippen LogP contribution < -0.4 is 5.73 Å². The average molecular weight is 255 g/mol. The van der Waals surface area contributed by atoms with E-state index in [0.29, 0.717) is 11.0 Å². The Morgan fingerprint density at radius 1 is 1.35 bits per heavy atom. The van der Waals surface area contributed by atoms with E-state index in [2.05, 4.69) is 23.8 Å². The Morgan fingerprint density at radius 3 is 2.71 bits per heavy atom. The molecule has 2 rings (SSSR count). The minimum Gasteiger partial charge on any atom is -0.393 e. The van der Waals surface area contributed by atoms with Crippen molar-refractivity contribution in [3.05, 3.63) is 0 Å². The van der Waals surface area contributed by atoms with E-state index in [4.69, 9.17) is 18.0 Å². The van der Waals surface area contributed by atoms with Crippen molar-refractivity contribution in [3.63, 3.8) is 0 Å². The molecule has 0 aromatic rings. The summed E-state index contributed by atoms with van der Waals surface area (Å²) in [5.41, 5.74) is 5.71. The van der Waals surface area contributed by atoms with Gasteiger partial charge >= 0.3 is 0 Å². The average Bonchev–Trinajstić information content (AvgIpc) is 2.50. The molecule has 2 saturated heterocycles. The summed E-state index contributed by atoms with van der Waals surface area (Å²) < 4.78 is 0. The van der Waals surface area contributed by atoms with E-state index in [1.165, 1.54) is 32.4 Å². The van der Waals surface area contributed by atoms with Gasteiger partial charge in [0.15, 0.2) is 0 Å². The maximum Gasteiger partial charge on any atom is 0.0743 e. The number of fused-ring (bicyclic) bond motifs is 2. The first-order valence-corrected chi connectivity index (χ1v) is 7.27. The third-order valence-electron chi connectivity index (χ3n) is 4.60. The van der Waals surface area contributed by atoms with E-state index in [0.717, 1.165) is 24.9 Å². The zero-order valence-electron chi connectivity index (χ0n) is 11.1. The molecule has 2 fully saturated rings. The van der Waals surface area contributed by atoms with Crippen molar-refractivity contribution in [1.82, 2.24) is 9.80 Å². The number of likely N-dealkylation sites (N-methyl/N-ethyl adjacent to an activating group) is 1. The van der Waals surface area contributed by atoms with Crippen LogP contribution in [0.4, 0.5) is 0 Å². The second-order valence-electron chi connectivity index (χ2n) is 5.57. The fourth-order valence-corrected chi connectivity index (χ4v) is 3.62. The van der Waals surface area contributed by atoms with E-state index in [1.807, 2.05) is 0 Å². The van der Waals surface area contributed by atoms with Gasteiger partial charge in [-0.25, -0.2) is 0 Å². The molecule has 0 amide bonds. The molecule has 2 bridgehead atoms. The van der Waals surface area contributed by atoms with Crippen LogP contribution in [0.1, 0.15) is 39.0 Å². The van der Waals surface area contributed by atoms with Crippen LogP contribution in [0.5, 0.6) is 0 Å². The zero-order valence-corrected chi connectivity index (χ0v) is 11.9. The number of likely N-dealkylation sites (tertiary alicyclic amines) is 1. The normalized spacial score (nSPS) is 32.4. The molecule has 3 nitrogen and oxygen atoms in total. The van der Waals surface area contributed by atoms with Gasteiger partial charge in [0.25, 0.3) is 0 Å². The number of thiocarbonyl (C=S) groups is 1. The molecular formula is C13H25N3S. The summed E-state index contributed by atoms with van der Waals surface area (Å²) in [5.74, 6) is 0. The van der Waals surface area contributed by atoms with Crippen LogP contribution >= 0.6 is 12.2 Å². The van der Waals surface area contributed by atoms with Crippen molar-refractivity contribution in [2.75, 3.05) is 20.1 Å². The lowest BCUT2D eigenvalue weighted by molar-refractivity contribution is 0.170. The molecule has 0 radical (unpaired) electrons. The van der Waals surface area contributed by atoms with Gasteiger partial charge in [0.2, 0.25) is 0 Å². The van der Waals surface area contributed by atoms with E-state index >= 15 is 0 Å². The van der Waals surface area contributed by atoms with Crippen LogP contribution in [0.3, 0.4) is 0 Å². The van der Waals surface area contributed by atoms with E-state index in [9.17, 15) is 0 Å². The van der Waals surface area contributed by atoms with Crippen molar-refractivity contribution < 1.29 is 0 Å². The summed E-state index contributed by atoms with van der Waals surface area (Å²) in [7, 11) is 2.29. The fraction of sp³-hybridized carbons (Fsp3) is 0.923. The Labute approximate surface area is 110 Å². The minimum atomic E-state index is 0.556. The maximum atomic E-state index is 5.71. The smallest absolute Gasteiger partial charge is 0.0743 e. The summed E-state index contributed by atoms with van der Waals surface area (Å²) in [4.78, 5) is 5.88. The van der Waals surface area contributed by atoms with Gasteiger partial charge in [0.1, 0.15) is 0 Å². The standard InChI is InChI=1S/C13H25N3S/c1-3-10(8-13(14)17)16-7-6-11-4-5-12(9-16)15(11)2/h10-12H,3-9H2,1-2H3,(H2,14,17). The van der Waals surface area contributed by atoms with Crippen LogP contribution in [0.2, 0.25) is 0 Å². The first-order valence-electron chi connectivity index (χ1n) is 6.86. The van der Waals surface area contributed by atoms with E-state index in [-0.39, 0.29) is 0 Å². The third-order valence-corrected chi connectivity index (χ3v) is 4.77. The quantitative estimate of drug-likeness (QED) is 0.774. The van der Waals surface area contributed by atoms with Crippen molar-refractivity contribution in [3.8, 4) is 0 Å². The van der Waals surface area contributed by atoms with Gasteiger partial charge in [-0.1, -0.05) is 19.1 Å². The summed E-state index contributed by atoms with van der Waals surface area (Å²) in [6.45, 7) is 4.66. The second-order valence-corrected chi connectivity index (χ2v) is 6.09. The first kappa shape index (κ1) is 13.2. The van der Waals surface area contributed by atoms with Gasteiger partial charge in [-0.2, -0.15) is 0 Å². The van der Waals surface area contributed by atoms with Gasteiger partial charge in [0.05, 0.1) is 4.99 Å². The highest BCUT2D eigenvalue weighted by Gasteiger charge is 2.36. The van der Waals surface area contributed by atoms with Crippen molar-refractivity contribution >= 4 is 17.2 Å². The molecule has 17 heavy (non-hydrogen) atoms. The molecule has 4 heteroatoms. The minimum absolute atomic E-state index is 0.556. The highest BCUT2D eigenvalue weighted by atomic mass is 32.1. The van der Waals surface area contributed by atoms with Crippen LogP contribution in [0.15, 0.2) is 0 Å². The van der Waals surface area contributed by atoms with Crippen molar-refractivity contribution in [1.29, 1.82) is 0 Å². The van der Waals surface area contributed by atoms with Crippen molar-refractivity contribution in [2.24, 2.45) is 5.73 Å². The molecule has 2 heterocycles. The molecular weight excluding hydrogens is 230 g/mol. The molecule has 0 aliphatic carbocycles. The lowest BCUT2D eigenvalue weighted by Gasteiger charge is -2.32. The number of hydrogen-bond donors (Lipinski definition) is 1. The highest BCUT2D eigenvalue weighted by Crippen LogP contribution is 2.29. The summed E-state index contributed by atoms with van der Waals surface area (Å²) in [5, 5.41) is 0. The topological polar surface area (TPSA) is 32.5 Å². The lowest BCUT2D eigenvalue weighted by Crippen LogP contribution is -2.43. The first-order chi connectivity index (χ1) is 8.11. The number of nitrogens with zero attached hydrogens (tertiary/aromatic N) is 2. The molecule has 0 aromatic heterocycles. The highest BCUT2D eigenvalue weighted by molar-refractivity contribution is 7.80. The fourth-order valence-electron chi connectivity index (χ4n) is 3.43. The Balaban J connectivity index is 1.99. The molecule has 0 saturated carbocycles. The molecule has 0 spiro atoms. The second kappa shape index (κ2) is 5.63. The van der Waals surface area contributed by atoms with Crippen LogP contribution in [-0.2, 0) is 0 Å². The third kappa shape index (κ3) is 2.98. The van der Waals surface area contributed by atoms with E-state index in [1.54, 1.807) is 0 Å². The molecule has 2 aliphatic rings. The molecule has 2 aliphatic heterocycles. The lowest BCUT2D eigenvalue weighted by atomic mass is 10.0. The van der Waals surface area contributed by atoms with Crippen LogP contribution in [0.25, 0.3) is 0 Å². The van der Waals surface area contributed by atoms with Gasteiger partial charge in [-0.15, -0.1) is 0 Å². The Morgan fingerprint density at radius 2 is 2.06 bits per heavy atom. The van der Waals surface area contributed by atoms with Crippen LogP contribution in [0, 0.1) is 0 Å². The van der Waals surface area contributed by atoms with Crippen molar-refractivity contribution in [2.45, 2.75) is 57.2 Å². The van der Waals surface area contributed by atoms with Gasteiger partial charge in [0, 0.05) is 31.1 Å². The maximum absolute atomic E-state index is 5.71. The molecule has 3 unspecified atom stereocenters.